The number of hydrazone groups is 1. The minimum Gasteiger partial charge on any atom is -0.455 e. The van der Waals surface area contributed by atoms with Crippen LogP contribution in [-0.4, -0.2) is 23.0 Å². The number of carbonyl (C=O) groups excluding carboxylic acids is 2. The molecule has 2 fully saturated rings. The molecule has 2 aromatic rings. The highest BCUT2D eigenvalue weighted by Gasteiger charge is 2.59. The lowest BCUT2D eigenvalue weighted by atomic mass is 9.85. The SMILES string of the molecule is Cc1c(Cl)cccc1-c1ccc(C=NN2C(=O)[C@@H]3[C@H](C2=O)[C@H]2C=C[C@H]3C2)o1. The van der Waals surface area contributed by atoms with E-state index in [4.69, 9.17) is 16.0 Å². The van der Waals surface area contributed by atoms with Crippen molar-refractivity contribution in [2.75, 3.05) is 0 Å². The number of imide groups is 1. The van der Waals surface area contributed by atoms with Gasteiger partial charge < -0.3 is 4.42 Å². The van der Waals surface area contributed by atoms with Gasteiger partial charge in [-0.15, -0.1) is 0 Å². The van der Waals surface area contributed by atoms with Crippen LogP contribution in [0, 0.1) is 30.6 Å². The van der Waals surface area contributed by atoms with Crippen molar-refractivity contribution in [3.05, 3.63) is 58.8 Å². The second-order valence-corrected chi connectivity index (χ2v) is 7.75. The maximum absolute atomic E-state index is 12.6. The van der Waals surface area contributed by atoms with E-state index in [1.54, 1.807) is 6.07 Å². The zero-order valence-electron chi connectivity index (χ0n) is 14.6. The molecule has 2 amide bonds. The quantitative estimate of drug-likeness (QED) is 0.458. The van der Waals surface area contributed by atoms with E-state index in [0.29, 0.717) is 16.5 Å². The number of fused-ring (bicyclic) bond motifs is 5. The number of hydrogen-bond donors (Lipinski definition) is 0. The summed E-state index contributed by atoms with van der Waals surface area (Å²) in [6.07, 6.45) is 6.47. The zero-order valence-corrected chi connectivity index (χ0v) is 15.4. The fraction of sp³-hybridized carbons (Fsp3) is 0.286. The van der Waals surface area contributed by atoms with E-state index in [2.05, 4.69) is 17.3 Å². The van der Waals surface area contributed by atoms with Crippen LogP contribution in [0.15, 0.2) is 52.0 Å². The van der Waals surface area contributed by atoms with Crippen molar-refractivity contribution in [3.8, 4) is 11.3 Å². The van der Waals surface area contributed by atoms with Gasteiger partial charge in [-0.25, -0.2) is 0 Å². The van der Waals surface area contributed by atoms with Crippen LogP contribution in [0.25, 0.3) is 11.3 Å². The van der Waals surface area contributed by atoms with Gasteiger partial charge in [0.15, 0.2) is 0 Å². The van der Waals surface area contributed by atoms with E-state index in [1.165, 1.54) is 6.21 Å². The average molecular weight is 381 g/mol. The Bertz CT molecular complexity index is 992. The number of hydrogen-bond acceptors (Lipinski definition) is 4. The van der Waals surface area contributed by atoms with E-state index in [-0.39, 0.29) is 35.5 Å². The first-order valence-corrected chi connectivity index (χ1v) is 9.38. The van der Waals surface area contributed by atoms with E-state index in [9.17, 15) is 9.59 Å². The molecule has 1 aromatic carbocycles. The molecule has 3 aliphatic rings. The molecule has 1 saturated heterocycles. The fourth-order valence-corrected chi connectivity index (χ4v) is 4.73. The largest absolute Gasteiger partial charge is 0.455 e. The van der Waals surface area contributed by atoms with Crippen molar-refractivity contribution in [1.82, 2.24) is 5.01 Å². The third-order valence-electron chi connectivity index (χ3n) is 5.91. The molecule has 2 bridgehead atoms. The summed E-state index contributed by atoms with van der Waals surface area (Å²) in [5, 5.41) is 5.83. The molecular weight excluding hydrogens is 364 g/mol. The summed E-state index contributed by atoms with van der Waals surface area (Å²) in [5.74, 6) is 0.607. The predicted molar refractivity (Wildman–Crippen MR) is 101 cm³/mol. The number of amides is 2. The van der Waals surface area contributed by atoms with Gasteiger partial charge in [-0.3, -0.25) is 9.59 Å². The van der Waals surface area contributed by atoms with Gasteiger partial charge in [0, 0.05) is 10.6 Å². The highest BCUT2D eigenvalue weighted by Crippen LogP contribution is 2.52. The predicted octanol–water partition coefficient (Wildman–Crippen LogP) is 4.05. The lowest BCUT2D eigenvalue weighted by Crippen LogP contribution is -2.28. The molecule has 0 radical (unpaired) electrons. The topological polar surface area (TPSA) is 62.9 Å². The normalized spacial score (nSPS) is 28.7. The summed E-state index contributed by atoms with van der Waals surface area (Å²) >= 11 is 6.17. The van der Waals surface area contributed by atoms with Crippen LogP contribution in [0.4, 0.5) is 0 Å². The smallest absolute Gasteiger partial charge is 0.254 e. The van der Waals surface area contributed by atoms with E-state index in [1.807, 2.05) is 31.2 Å². The number of carbonyl (C=O) groups is 2. The van der Waals surface area contributed by atoms with Gasteiger partial charge in [-0.1, -0.05) is 35.9 Å². The maximum Gasteiger partial charge on any atom is 0.254 e. The Hall–Kier alpha value is -2.66. The minimum absolute atomic E-state index is 0.178. The summed E-state index contributed by atoms with van der Waals surface area (Å²) in [4.78, 5) is 25.3. The van der Waals surface area contributed by atoms with Gasteiger partial charge >= 0.3 is 0 Å². The van der Waals surface area contributed by atoms with Gasteiger partial charge in [0.25, 0.3) is 11.8 Å². The summed E-state index contributed by atoms with van der Waals surface area (Å²) in [6.45, 7) is 1.93. The first-order chi connectivity index (χ1) is 13.0. The Morgan fingerprint density at radius 1 is 1.11 bits per heavy atom. The molecule has 0 N–H and O–H groups in total. The van der Waals surface area contributed by atoms with Crippen LogP contribution in [-0.2, 0) is 9.59 Å². The fourth-order valence-electron chi connectivity index (χ4n) is 4.56. The number of nitrogens with zero attached hydrogens (tertiary/aromatic N) is 2. The van der Waals surface area contributed by atoms with Crippen molar-refractivity contribution in [3.63, 3.8) is 0 Å². The Balaban J connectivity index is 1.38. The molecule has 5 rings (SSSR count). The summed E-state index contributed by atoms with van der Waals surface area (Å²) < 4.78 is 5.81. The van der Waals surface area contributed by atoms with E-state index < -0.39 is 0 Å². The highest BCUT2D eigenvalue weighted by atomic mass is 35.5. The first kappa shape index (κ1) is 16.5. The monoisotopic (exact) mass is 380 g/mol. The molecule has 6 heteroatoms. The van der Waals surface area contributed by atoms with Gasteiger partial charge in [0.05, 0.1) is 18.1 Å². The molecule has 27 heavy (non-hydrogen) atoms. The Morgan fingerprint density at radius 3 is 2.52 bits per heavy atom. The highest BCUT2D eigenvalue weighted by molar-refractivity contribution is 6.31. The Morgan fingerprint density at radius 2 is 1.81 bits per heavy atom. The molecule has 2 heterocycles. The number of halogens is 1. The standard InChI is InChI=1S/C21H17ClN2O3/c1-11-15(3-2-4-16(11)22)17-8-7-14(27-17)10-23-24-20(25)18-12-5-6-13(9-12)19(18)21(24)26/h2-8,10,12-13,18-19H,9H2,1H3/t12-,13-,18-,19+/m0/s1. The lowest BCUT2D eigenvalue weighted by Gasteiger charge is -2.13. The number of allylic oxidation sites excluding steroid dienone is 2. The van der Waals surface area contributed by atoms with Gasteiger partial charge in [-0.05, 0) is 48.9 Å². The number of benzene rings is 1. The zero-order chi connectivity index (χ0) is 18.7. The third kappa shape index (κ3) is 2.42. The van der Waals surface area contributed by atoms with Crippen LogP contribution in [0.3, 0.4) is 0 Å². The van der Waals surface area contributed by atoms with E-state index in [0.717, 1.165) is 22.6 Å². The Kier molecular flexibility index (Phi) is 3.62. The minimum atomic E-state index is -0.245. The number of furan rings is 1. The molecule has 1 aliphatic heterocycles. The molecule has 1 aromatic heterocycles. The van der Waals surface area contributed by atoms with Crippen molar-refractivity contribution < 1.29 is 14.0 Å². The van der Waals surface area contributed by atoms with Crippen molar-refractivity contribution in [2.24, 2.45) is 28.8 Å². The molecule has 1 saturated carbocycles. The van der Waals surface area contributed by atoms with Crippen LogP contribution >= 0.6 is 11.6 Å². The molecule has 2 aliphatic carbocycles. The number of rotatable bonds is 3. The third-order valence-corrected chi connectivity index (χ3v) is 6.32. The van der Waals surface area contributed by atoms with Crippen molar-refractivity contribution >= 4 is 29.6 Å². The van der Waals surface area contributed by atoms with Crippen LogP contribution in [0.5, 0.6) is 0 Å². The second-order valence-electron chi connectivity index (χ2n) is 7.35. The van der Waals surface area contributed by atoms with Crippen molar-refractivity contribution in [1.29, 1.82) is 0 Å². The summed E-state index contributed by atoms with van der Waals surface area (Å²) in [5.41, 5.74) is 1.82. The lowest BCUT2D eigenvalue weighted by molar-refractivity contribution is -0.140. The van der Waals surface area contributed by atoms with Gasteiger partial charge in [-0.2, -0.15) is 10.1 Å². The molecule has 136 valence electrons. The van der Waals surface area contributed by atoms with Crippen LogP contribution in [0.2, 0.25) is 5.02 Å². The second kappa shape index (κ2) is 5.92. The molecule has 5 nitrogen and oxygen atoms in total. The van der Waals surface area contributed by atoms with Gasteiger partial charge in [0.2, 0.25) is 0 Å². The Labute approximate surface area is 161 Å². The first-order valence-electron chi connectivity index (χ1n) is 9.00. The summed E-state index contributed by atoms with van der Waals surface area (Å²) in [7, 11) is 0. The molecule has 0 spiro atoms. The molecule has 4 atom stereocenters. The summed E-state index contributed by atoms with van der Waals surface area (Å²) in [6, 6.07) is 9.21. The maximum atomic E-state index is 12.6. The van der Waals surface area contributed by atoms with Crippen LogP contribution in [0.1, 0.15) is 17.7 Å². The molecule has 0 unspecified atom stereocenters. The van der Waals surface area contributed by atoms with Crippen LogP contribution < -0.4 is 0 Å². The van der Waals surface area contributed by atoms with Crippen molar-refractivity contribution in [2.45, 2.75) is 13.3 Å². The average Bonchev–Trinajstić information content (AvgIpc) is 3.41. The molecular formula is C21H17ClN2O3. The van der Waals surface area contributed by atoms with E-state index >= 15 is 0 Å². The van der Waals surface area contributed by atoms with Gasteiger partial charge in [0.1, 0.15) is 11.5 Å².